The van der Waals surface area contributed by atoms with Crippen LogP contribution in [0.1, 0.15) is 35.7 Å². The molecule has 0 spiro atoms. The minimum absolute atomic E-state index is 0.0234. The van der Waals surface area contributed by atoms with Crippen LogP contribution < -0.4 is 24.8 Å². The van der Waals surface area contributed by atoms with Gasteiger partial charge in [0, 0.05) is 38.3 Å². The number of amidine groups is 1. The largest absolute Gasteiger partial charge is 0.493 e. The maximum Gasteiger partial charge on any atom is 0.309 e. The number of methoxy groups -OCH3 is 1. The highest BCUT2D eigenvalue weighted by atomic mass is 19.1. The fourth-order valence-electron chi connectivity index (χ4n) is 4.59. The van der Waals surface area contributed by atoms with Gasteiger partial charge in [0.2, 0.25) is 11.6 Å². The zero-order valence-corrected chi connectivity index (χ0v) is 24.3. The van der Waals surface area contributed by atoms with Gasteiger partial charge in [-0.25, -0.2) is 0 Å². The molecule has 4 rings (SSSR count). The normalized spacial score (nSPS) is 13.3. The lowest BCUT2D eigenvalue weighted by Gasteiger charge is -2.33. The molecule has 0 saturated carbocycles. The second-order valence-electron chi connectivity index (χ2n) is 9.92. The fourth-order valence-corrected chi connectivity index (χ4v) is 4.59. The number of nitrogens with one attached hydrogen (secondary N) is 1. The number of pyridine rings is 1. The van der Waals surface area contributed by atoms with Crippen molar-refractivity contribution in [1.82, 2.24) is 9.88 Å². The highest BCUT2D eigenvalue weighted by Crippen LogP contribution is 2.41. The number of anilines is 1. The van der Waals surface area contributed by atoms with Crippen LogP contribution in [-0.4, -0.2) is 68.5 Å². The van der Waals surface area contributed by atoms with Gasteiger partial charge in [0.25, 0.3) is 17.7 Å². The molecule has 1 amide bonds. The lowest BCUT2D eigenvalue weighted by Crippen LogP contribution is -2.38. The number of hydrogen-bond donors (Lipinski definition) is 2. The number of nitrogens with two attached hydrogens (primary N) is 1. The third-order valence-electron chi connectivity index (χ3n) is 6.81. The maximum absolute atomic E-state index is 16.1. The number of carbonyl (C=O) groups is 2. The number of carbonyl (C=O) groups excluding carboxylic acids is 2. The molecule has 0 aliphatic carbocycles. The molecule has 43 heavy (non-hydrogen) atoms. The number of nitrogens with zero attached hydrogens (tertiary/aromatic N) is 3. The summed E-state index contributed by atoms with van der Waals surface area (Å²) in [5.74, 6) is -4.49. The van der Waals surface area contributed by atoms with Crippen LogP contribution in [-0.2, 0) is 9.53 Å². The first kappa shape index (κ1) is 31.0. The lowest BCUT2D eigenvalue weighted by atomic mass is 9.96. The van der Waals surface area contributed by atoms with Crippen molar-refractivity contribution in [2.75, 3.05) is 45.8 Å². The minimum Gasteiger partial charge on any atom is -0.493 e. The van der Waals surface area contributed by atoms with Crippen molar-refractivity contribution in [3.63, 3.8) is 0 Å². The summed E-state index contributed by atoms with van der Waals surface area (Å²) in [5.41, 5.74) is 5.72. The zero-order valence-electron chi connectivity index (χ0n) is 24.3. The van der Waals surface area contributed by atoms with Crippen molar-refractivity contribution in [2.24, 2.45) is 11.7 Å². The van der Waals surface area contributed by atoms with E-state index in [2.05, 4.69) is 4.98 Å². The van der Waals surface area contributed by atoms with E-state index in [1.807, 2.05) is 0 Å². The molecule has 1 aromatic heterocycles. The molecule has 3 N–H and O–H groups in total. The van der Waals surface area contributed by atoms with Gasteiger partial charge in [-0.2, -0.15) is 13.8 Å². The summed E-state index contributed by atoms with van der Waals surface area (Å²) in [6.45, 7) is 2.25. The number of nitrogen functional groups attached to an aromatic ring is 1. The summed E-state index contributed by atoms with van der Waals surface area (Å²) in [7, 11) is 4.56. The monoisotopic (exact) mass is 597 g/mol. The number of esters is 1. The van der Waals surface area contributed by atoms with Crippen LogP contribution in [0.2, 0.25) is 0 Å². The quantitative estimate of drug-likeness (QED) is 0.193. The van der Waals surface area contributed by atoms with Gasteiger partial charge < -0.3 is 34.5 Å². The molecule has 0 bridgehead atoms. The van der Waals surface area contributed by atoms with Crippen molar-refractivity contribution in [3.8, 4) is 29.0 Å². The van der Waals surface area contributed by atoms with Crippen LogP contribution in [0.25, 0.3) is 0 Å². The molecule has 0 radical (unpaired) electrons. The number of aromatic nitrogens is 1. The molecule has 2 aromatic carbocycles. The summed E-state index contributed by atoms with van der Waals surface area (Å²) in [6, 6.07) is 10.4. The van der Waals surface area contributed by atoms with Gasteiger partial charge in [0.1, 0.15) is 17.3 Å². The summed E-state index contributed by atoms with van der Waals surface area (Å²) < 4.78 is 54.1. The Labute approximate surface area is 247 Å². The molecule has 13 heteroatoms. The second-order valence-corrected chi connectivity index (χ2v) is 9.92. The number of piperidine rings is 1. The molecule has 2 heterocycles. The van der Waals surface area contributed by atoms with Gasteiger partial charge in [0.05, 0.1) is 19.6 Å². The van der Waals surface area contributed by atoms with Gasteiger partial charge in [-0.15, -0.1) is 0 Å². The Hall–Kier alpha value is -4.94. The Morgan fingerprint density at radius 3 is 2.30 bits per heavy atom. The lowest BCUT2D eigenvalue weighted by molar-refractivity contribution is -0.148. The van der Waals surface area contributed by atoms with E-state index >= 15 is 8.78 Å². The summed E-state index contributed by atoms with van der Waals surface area (Å²) in [5, 5.41) is 7.74. The molecular weight excluding hydrogens is 564 g/mol. The van der Waals surface area contributed by atoms with Gasteiger partial charge in [0.15, 0.2) is 11.5 Å². The van der Waals surface area contributed by atoms with E-state index in [0.29, 0.717) is 12.8 Å². The fraction of sp³-hybridized carbons (Fsp3) is 0.333. The molecule has 1 saturated heterocycles. The third-order valence-corrected chi connectivity index (χ3v) is 6.81. The molecule has 1 aliphatic rings. The highest BCUT2D eigenvalue weighted by molar-refractivity contribution is 5.95. The van der Waals surface area contributed by atoms with E-state index in [0.717, 1.165) is 0 Å². The van der Waals surface area contributed by atoms with E-state index < -0.39 is 35.0 Å². The van der Waals surface area contributed by atoms with Crippen molar-refractivity contribution in [1.29, 1.82) is 5.41 Å². The van der Waals surface area contributed by atoms with Crippen LogP contribution in [0.15, 0.2) is 42.5 Å². The van der Waals surface area contributed by atoms with E-state index in [1.165, 1.54) is 47.2 Å². The van der Waals surface area contributed by atoms with Gasteiger partial charge >= 0.3 is 5.97 Å². The molecule has 3 aromatic rings. The average molecular weight is 598 g/mol. The first-order valence-electron chi connectivity index (χ1n) is 13.5. The first-order chi connectivity index (χ1) is 20.5. The molecule has 1 aliphatic heterocycles. The molecule has 0 unspecified atom stereocenters. The maximum atomic E-state index is 16.1. The highest BCUT2D eigenvalue weighted by Gasteiger charge is 2.33. The van der Waals surface area contributed by atoms with Gasteiger partial charge in [-0.05, 0) is 56.2 Å². The Balaban J connectivity index is 1.77. The molecule has 0 atom stereocenters. The molecule has 228 valence electrons. The zero-order chi connectivity index (χ0) is 31.3. The summed E-state index contributed by atoms with van der Waals surface area (Å²) in [6.07, 6.45) is 0.630. The molecule has 11 nitrogen and oxygen atoms in total. The van der Waals surface area contributed by atoms with Crippen LogP contribution in [0, 0.1) is 23.0 Å². The summed E-state index contributed by atoms with van der Waals surface area (Å²) in [4.78, 5) is 31.6. The Morgan fingerprint density at radius 1 is 1.02 bits per heavy atom. The van der Waals surface area contributed by atoms with Crippen LogP contribution >= 0.6 is 0 Å². The Bertz CT molecular complexity index is 1530. The Kier molecular flexibility index (Phi) is 9.63. The number of halogens is 2. The number of ether oxygens (including phenoxy) is 4. The molecular formula is C30H33F2N5O6. The van der Waals surface area contributed by atoms with Crippen LogP contribution in [0.3, 0.4) is 0 Å². The van der Waals surface area contributed by atoms with Crippen molar-refractivity contribution in [2.45, 2.75) is 19.8 Å². The van der Waals surface area contributed by atoms with E-state index in [-0.39, 0.29) is 65.8 Å². The van der Waals surface area contributed by atoms with Crippen LogP contribution in [0.5, 0.6) is 29.0 Å². The van der Waals surface area contributed by atoms with E-state index in [9.17, 15) is 9.59 Å². The van der Waals surface area contributed by atoms with Crippen molar-refractivity contribution >= 4 is 23.4 Å². The minimum atomic E-state index is -1.11. The van der Waals surface area contributed by atoms with Gasteiger partial charge in [-0.3, -0.25) is 15.0 Å². The van der Waals surface area contributed by atoms with Crippen molar-refractivity contribution < 1.29 is 37.3 Å². The second kappa shape index (κ2) is 13.4. The number of amides is 1. The smallest absolute Gasteiger partial charge is 0.309 e. The third kappa shape index (κ3) is 6.93. The Morgan fingerprint density at radius 2 is 1.70 bits per heavy atom. The number of hydrogen-bond acceptors (Lipinski definition) is 9. The summed E-state index contributed by atoms with van der Waals surface area (Å²) >= 11 is 0. The van der Waals surface area contributed by atoms with E-state index in [4.69, 9.17) is 30.1 Å². The van der Waals surface area contributed by atoms with E-state index in [1.54, 1.807) is 33.2 Å². The topological polar surface area (TPSA) is 140 Å². The number of benzene rings is 2. The SMILES string of the molecule is CCOC(=O)C1CCN(c2c(F)c(Oc3cccc(C(=O)N(C)C)c3)nc(Oc3cc(C(=N)N)ccc3OC)c2F)CC1. The predicted molar refractivity (Wildman–Crippen MR) is 154 cm³/mol. The van der Waals surface area contributed by atoms with Crippen LogP contribution in [0.4, 0.5) is 14.5 Å². The predicted octanol–water partition coefficient (Wildman–Crippen LogP) is 4.72. The first-order valence-corrected chi connectivity index (χ1v) is 13.5. The molecule has 1 fully saturated rings. The average Bonchev–Trinajstić information content (AvgIpc) is 2.99. The number of rotatable bonds is 10. The van der Waals surface area contributed by atoms with Crippen molar-refractivity contribution in [3.05, 3.63) is 65.2 Å². The standard InChI is InChI=1S/C30H33F2N5O6/c1-5-41-30(39)17-11-13-37(14-12-17)25-23(31)27(42-20-8-6-7-19(15-20)29(38)36(2)3)35-28(24(25)32)43-22-16-18(26(33)34)9-10-21(22)40-4/h6-10,15-17H,5,11-14H2,1-4H3,(H3,33,34). The van der Waals surface area contributed by atoms with Gasteiger partial charge in [-0.1, -0.05) is 6.07 Å².